The molecule has 3 atom stereocenters. The van der Waals surface area contributed by atoms with Crippen molar-refractivity contribution in [1.29, 1.82) is 0 Å². The first kappa shape index (κ1) is 33.4. The summed E-state index contributed by atoms with van der Waals surface area (Å²) in [6, 6.07) is 6.70. The fourth-order valence-corrected chi connectivity index (χ4v) is 7.34. The second kappa shape index (κ2) is 12.0. The summed E-state index contributed by atoms with van der Waals surface area (Å²) >= 11 is 0. The van der Waals surface area contributed by atoms with E-state index in [9.17, 15) is 27.6 Å². The minimum atomic E-state index is -4.71. The number of pyridine rings is 1. The molecule has 260 valence electrons. The monoisotopic (exact) mass is 687 g/mol. The van der Waals surface area contributed by atoms with Gasteiger partial charge in [-0.1, -0.05) is 13.0 Å². The van der Waals surface area contributed by atoms with E-state index in [1.54, 1.807) is 26.4 Å². The van der Waals surface area contributed by atoms with Crippen molar-refractivity contribution in [3.63, 3.8) is 0 Å². The number of aromatic nitrogens is 5. The summed E-state index contributed by atoms with van der Waals surface area (Å²) in [4.78, 5) is 50.8. The van der Waals surface area contributed by atoms with Crippen molar-refractivity contribution in [2.45, 2.75) is 78.4 Å². The normalized spacial score (nSPS) is 20.3. The molecule has 1 saturated carbocycles. The molecule has 1 aromatic carbocycles. The predicted octanol–water partition coefficient (Wildman–Crippen LogP) is 6.14. The van der Waals surface area contributed by atoms with Crippen LogP contribution in [-0.4, -0.2) is 65.8 Å². The first-order chi connectivity index (χ1) is 23.7. The van der Waals surface area contributed by atoms with Gasteiger partial charge in [-0.25, -0.2) is 14.5 Å². The molecule has 5 heterocycles. The quantitative estimate of drug-likeness (QED) is 0.195. The van der Waals surface area contributed by atoms with E-state index >= 15 is 0 Å². The second-order valence-electron chi connectivity index (χ2n) is 13.7. The van der Waals surface area contributed by atoms with Crippen LogP contribution in [0.4, 0.5) is 19.0 Å². The van der Waals surface area contributed by atoms with E-state index < -0.39 is 23.8 Å². The van der Waals surface area contributed by atoms with Crippen LogP contribution in [0, 0.1) is 19.3 Å². The van der Waals surface area contributed by atoms with Gasteiger partial charge in [-0.3, -0.25) is 14.4 Å². The average molecular weight is 688 g/mol. The molecule has 1 aliphatic carbocycles. The van der Waals surface area contributed by atoms with Gasteiger partial charge in [0.05, 0.1) is 17.8 Å². The van der Waals surface area contributed by atoms with Crippen LogP contribution >= 0.6 is 0 Å². The number of Topliss-reactive ketones (excluding diaryl/α,β-unsaturated/α-hetero) is 1. The first-order valence-electron chi connectivity index (χ1n) is 16.3. The molecular weight excluding hydrogens is 651 g/mol. The Morgan fingerprint density at radius 3 is 2.60 bits per heavy atom. The smallest absolute Gasteiger partial charge is 0.380 e. The van der Waals surface area contributed by atoms with Gasteiger partial charge in [0.2, 0.25) is 11.8 Å². The number of anilines is 1. The minimum absolute atomic E-state index is 0.0664. The van der Waals surface area contributed by atoms with Gasteiger partial charge in [0.25, 0.3) is 0 Å². The van der Waals surface area contributed by atoms with Crippen LogP contribution in [0.15, 0.2) is 48.9 Å². The summed E-state index contributed by atoms with van der Waals surface area (Å²) in [6.45, 7) is 7.14. The number of halogens is 3. The summed E-state index contributed by atoms with van der Waals surface area (Å²) < 4.78 is 49.1. The summed E-state index contributed by atoms with van der Waals surface area (Å²) in [5.41, 5.74) is 4.17. The number of hydrogen-bond donors (Lipinski definition) is 1. The standard InChI is InChI=1S/C36H36F3N7O4/c1-19-10-23(24-14-40-30-11-20(2)43-45(30)15-24)12-25-26(21(3)47)16-44(32(19)25)17-31(48)46-27(8-9-35(4)13-29(35)46)34(49)42-33-22(18-50-5)6-7-28(41-33)36(37,38)39/h6-7,10-12,14-16,27,29H,8-9,13,17-18H2,1-5H3,(H,41,42,49)/t27-,29+,35-/m0/s1. The lowest BCUT2D eigenvalue weighted by molar-refractivity contribution is -0.142. The third-order valence-corrected chi connectivity index (χ3v) is 9.98. The number of ether oxygens (including phenoxy) is 1. The molecule has 2 amide bonds. The van der Waals surface area contributed by atoms with Gasteiger partial charge >= 0.3 is 6.18 Å². The number of carbonyl (C=O) groups is 3. The minimum Gasteiger partial charge on any atom is -0.380 e. The van der Waals surface area contributed by atoms with Gasteiger partial charge in [-0.15, -0.1) is 0 Å². The third kappa shape index (κ3) is 5.91. The Balaban J connectivity index is 1.21. The number of piperidine rings is 1. The molecule has 2 fully saturated rings. The summed E-state index contributed by atoms with van der Waals surface area (Å²) in [5.74, 6) is -1.36. The van der Waals surface area contributed by atoms with E-state index in [1.807, 2.05) is 38.2 Å². The van der Waals surface area contributed by atoms with E-state index in [1.165, 1.54) is 20.1 Å². The number of benzene rings is 1. The number of aryl methyl sites for hydroxylation is 2. The number of fused-ring (bicyclic) bond motifs is 3. The Bertz CT molecular complexity index is 2210. The fraction of sp³-hybridized carbons (Fsp3) is 0.389. The molecule has 1 saturated heterocycles. The number of nitrogens with one attached hydrogen (secondary N) is 1. The van der Waals surface area contributed by atoms with Gasteiger partial charge in [0, 0.05) is 59.9 Å². The molecule has 0 bridgehead atoms. The van der Waals surface area contributed by atoms with E-state index in [0.29, 0.717) is 35.7 Å². The molecule has 5 aromatic rings. The van der Waals surface area contributed by atoms with Gasteiger partial charge in [0.15, 0.2) is 11.4 Å². The molecular formula is C36H36F3N7O4. The van der Waals surface area contributed by atoms with Crippen LogP contribution < -0.4 is 5.32 Å². The fourth-order valence-electron chi connectivity index (χ4n) is 7.34. The zero-order valence-electron chi connectivity index (χ0n) is 28.3. The van der Waals surface area contributed by atoms with Gasteiger partial charge in [-0.05, 0) is 74.8 Å². The van der Waals surface area contributed by atoms with Crippen LogP contribution in [-0.2, 0) is 33.7 Å². The lowest BCUT2D eigenvalue weighted by Gasteiger charge is -2.37. The van der Waals surface area contributed by atoms with Crippen LogP contribution in [0.3, 0.4) is 0 Å². The van der Waals surface area contributed by atoms with Crippen molar-refractivity contribution in [2.24, 2.45) is 5.41 Å². The van der Waals surface area contributed by atoms with Crippen molar-refractivity contribution in [2.75, 3.05) is 12.4 Å². The number of nitrogens with zero attached hydrogens (tertiary/aromatic N) is 6. The zero-order chi connectivity index (χ0) is 35.7. The highest BCUT2D eigenvalue weighted by molar-refractivity contribution is 6.09. The Labute approximate surface area is 285 Å². The number of hydrogen-bond acceptors (Lipinski definition) is 7. The number of ketones is 1. The molecule has 0 spiro atoms. The topological polar surface area (TPSA) is 124 Å². The van der Waals surface area contributed by atoms with Crippen molar-refractivity contribution >= 4 is 40.0 Å². The molecule has 14 heteroatoms. The van der Waals surface area contributed by atoms with E-state index in [0.717, 1.165) is 34.1 Å². The highest BCUT2D eigenvalue weighted by atomic mass is 19.4. The lowest BCUT2D eigenvalue weighted by Crippen LogP contribution is -2.53. The zero-order valence-corrected chi connectivity index (χ0v) is 28.3. The highest BCUT2D eigenvalue weighted by Gasteiger charge is 2.60. The van der Waals surface area contributed by atoms with Crippen molar-refractivity contribution < 1.29 is 32.3 Å². The summed E-state index contributed by atoms with van der Waals surface area (Å²) in [7, 11) is 1.39. The molecule has 11 nitrogen and oxygen atoms in total. The average Bonchev–Trinajstić information content (AvgIpc) is 3.39. The first-order valence-corrected chi connectivity index (χ1v) is 16.3. The maximum Gasteiger partial charge on any atom is 0.433 e. The Hall–Kier alpha value is -5.11. The van der Waals surface area contributed by atoms with Crippen LogP contribution in [0.1, 0.15) is 66.0 Å². The maximum absolute atomic E-state index is 14.3. The van der Waals surface area contributed by atoms with E-state index in [-0.39, 0.29) is 47.7 Å². The predicted molar refractivity (Wildman–Crippen MR) is 178 cm³/mol. The van der Waals surface area contributed by atoms with Crippen molar-refractivity contribution in [3.05, 3.63) is 77.0 Å². The van der Waals surface area contributed by atoms with E-state index in [4.69, 9.17) is 4.74 Å². The Kier molecular flexibility index (Phi) is 8.04. The Morgan fingerprint density at radius 1 is 1.10 bits per heavy atom. The van der Waals surface area contributed by atoms with Crippen LogP contribution in [0.25, 0.3) is 27.7 Å². The SMILES string of the molecule is COCc1ccc(C(F)(F)F)nc1NC(=O)[C@@H]1CC[C@@]2(C)C[C@H]2N1C(=O)Cn1cc(C(C)=O)c2cc(-c3cnc4cc(C)nn4c3)cc(C)c21. The van der Waals surface area contributed by atoms with Crippen LogP contribution in [0.5, 0.6) is 0 Å². The number of methoxy groups -OCH3 is 1. The highest BCUT2D eigenvalue weighted by Crippen LogP contribution is 2.57. The second-order valence-corrected chi connectivity index (χ2v) is 13.7. The van der Waals surface area contributed by atoms with Crippen molar-refractivity contribution in [1.82, 2.24) is 29.0 Å². The number of rotatable bonds is 8. The number of amides is 2. The molecule has 1 N–H and O–H groups in total. The molecule has 1 aliphatic heterocycles. The third-order valence-electron chi connectivity index (χ3n) is 9.98. The summed E-state index contributed by atoms with van der Waals surface area (Å²) in [6.07, 6.45) is 2.33. The molecule has 4 aromatic heterocycles. The molecule has 0 unspecified atom stereocenters. The molecule has 7 rings (SSSR count). The Morgan fingerprint density at radius 2 is 1.88 bits per heavy atom. The number of carbonyl (C=O) groups excluding carboxylic acids is 3. The largest absolute Gasteiger partial charge is 0.433 e. The molecule has 2 aliphatic rings. The summed E-state index contributed by atoms with van der Waals surface area (Å²) in [5, 5.41) is 7.73. The molecule has 50 heavy (non-hydrogen) atoms. The van der Waals surface area contributed by atoms with Gasteiger partial charge < -0.3 is 19.5 Å². The van der Waals surface area contributed by atoms with E-state index in [2.05, 4.69) is 27.3 Å². The maximum atomic E-state index is 14.3. The lowest BCUT2D eigenvalue weighted by atomic mass is 9.92. The van der Waals surface area contributed by atoms with Crippen molar-refractivity contribution in [3.8, 4) is 11.1 Å². The number of alkyl halides is 3. The molecule has 0 radical (unpaired) electrons. The van der Waals surface area contributed by atoms with Gasteiger partial charge in [-0.2, -0.15) is 18.3 Å². The van der Waals surface area contributed by atoms with Gasteiger partial charge in [0.1, 0.15) is 24.1 Å². The van der Waals surface area contributed by atoms with Crippen LogP contribution in [0.2, 0.25) is 0 Å². The number of likely N-dealkylation sites (tertiary alicyclic amines) is 1.